The predicted octanol–water partition coefficient (Wildman–Crippen LogP) is 3.11. The van der Waals surface area contributed by atoms with E-state index in [0.717, 1.165) is 11.3 Å². The van der Waals surface area contributed by atoms with Gasteiger partial charge in [-0.15, -0.1) is 10.2 Å². The van der Waals surface area contributed by atoms with Gasteiger partial charge in [0.25, 0.3) is 5.91 Å². The molecule has 0 saturated heterocycles. The zero-order chi connectivity index (χ0) is 20.1. The Kier molecular flexibility index (Phi) is 5.95. The second-order valence-corrected chi connectivity index (χ2v) is 6.78. The molecule has 144 valence electrons. The van der Waals surface area contributed by atoms with Crippen molar-refractivity contribution in [2.24, 2.45) is 0 Å². The van der Waals surface area contributed by atoms with E-state index in [1.165, 1.54) is 36.5 Å². The van der Waals surface area contributed by atoms with Gasteiger partial charge in [0.1, 0.15) is 22.6 Å². The zero-order valence-corrected chi connectivity index (χ0v) is 15.9. The van der Waals surface area contributed by atoms with Crippen molar-refractivity contribution in [3.8, 4) is 16.3 Å². The van der Waals surface area contributed by atoms with Crippen molar-refractivity contribution in [1.82, 2.24) is 15.5 Å². The number of nitrogens with one attached hydrogen (secondary N) is 2. The molecule has 28 heavy (non-hydrogen) atoms. The van der Waals surface area contributed by atoms with E-state index in [0.29, 0.717) is 10.1 Å². The largest absolute Gasteiger partial charge is 0.497 e. The summed E-state index contributed by atoms with van der Waals surface area (Å²) in [6.07, 6.45) is 0. The van der Waals surface area contributed by atoms with Gasteiger partial charge < -0.3 is 10.1 Å². The Morgan fingerprint density at radius 2 is 1.82 bits per heavy atom. The normalized spacial score (nSPS) is 11.5. The fourth-order valence-electron chi connectivity index (χ4n) is 2.32. The first kappa shape index (κ1) is 19.4. The third-order valence-electron chi connectivity index (χ3n) is 3.85. The Morgan fingerprint density at radius 3 is 2.50 bits per heavy atom. The zero-order valence-electron chi connectivity index (χ0n) is 15.1. The molecule has 3 rings (SSSR count). The van der Waals surface area contributed by atoms with Crippen LogP contribution < -0.4 is 15.4 Å². The van der Waals surface area contributed by atoms with Gasteiger partial charge in [-0.1, -0.05) is 23.5 Å². The summed E-state index contributed by atoms with van der Waals surface area (Å²) >= 11 is 1.20. The van der Waals surface area contributed by atoms with Crippen molar-refractivity contribution in [2.75, 3.05) is 12.4 Å². The Bertz CT molecular complexity index is 991. The third-order valence-corrected chi connectivity index (χ3v) is 4.74. The molecule has 1 atom stereocenters. The van der Waals surface area contributed by atoms with Crippen molar-refractivity contribution < 1.29 is 18.7 Å². The minimum Gasteiger partial charge on any atom is -0.497 e. The van der Waals surface area contributed by atoms with Crippen LogP contribution in [0.3, 0.4) is 0 Å². The van der Waals surface area contributed by atoms with Crippen LogP contribution >= 0.6 is 11.3 Å². The van der Waals surface area contributed by atoms with Crippen LogP contribution in [0.4, 0.5) is 9.52 Å². The SMILES string of the molecule is COc1ccc(-c2nnc(NC(=O)[C@@H](C)NC(=O)c3ccccc3F)s2)cc1. The van der Waals surface area contributed by atoms with Crippen LogP contribution in [-0.2, 0) is 4.79 Å². The highest BCUT2D eigenvalue weighted by Crippen LogP contribution is 2.27. The number of benzene rings is 2. The molecule has 0 spiro atoms. The summed E-state index contributed by atoms with van der Waals surface area (Å²) in [5.41, 5.74) is 0.708. The number of aromatic nitrogens is 2. The number of anilines is 1. The first-order chi connectivity index (χ1) is 13.5. The van der Waals surface area contributed by atoms with Crippen molar-refractivity contribution in [3.63, 3.8) is 0 Å². The molecule has 3 aromatic rings. The van der Waals surface area contributed by atoms with Crippen LogP contribution in [0.2, 0.25) is 0 Å². The molecule has 0 bridgehead atoms. The van der Waals surface area contributed by atoms with Gasteiger partial charge in [-0.3, -0.25) is 14.9 Å². The van der Waals surface area contributed by atoms with Gasteiger partial charge in [-0.05, 0) is 43.3 Å². The average Bonchev–Trinajstić information content (AvgIpc) is 3.16. The summed E-state index contributed by atoms with van der Waals surface area (Å²) in [6, 6.07) is 11.9. The molecule has 0 aliphatic rings. The monoisotopic (exact) mass is 400 g/mol. The summed E-state index contributed by atoms with van der Waals surface area (Å²) in [7, 11) is 1.58. The molecule has 0 fully saturated rings. The summed E-state index contributed by atoms with van der Waals surface area (Å²) in [5, 5.41) is 14.0. The average molecular weight is 400 g/mol. The molecule has 1 aromatic heterocycles. The van der Waals surface area contributed by atoms with Crippen LogP contribution in [0.1, 0.15) is 17.3 Å². The highest BCUT2D eigenvalue weighted by atomic mass is 32.1. The summed E-state index contributed by atoms with van der Waals surface area (Å²) in [5.74, 6) is -1.08. The van der Waals surface area contributed by atoms with Gasteiger partial charge in [0, 0.05) is 5.56 Å². The Labute approximate surface area is 164 Å². The number of carbonyl (C=O) groups is 2. The van der Waals surface area contributed by atoms with Gasteiger partial charge in [-0.2, -0.15) is 0 Å². The van der Waals surface area contributed by atoms with E-state index in [1.54, 1.807) is 25.3 Å². The molecule has 0 unspecified atom stereocenters. The Hall–Kier alpha value is -3.33. The van der Waals surface area contributed by atoms with E-state index in [1.807, 2.05) is 12.1 Å². The highest BCUT2D eigenvalue weighted by molar-refractivity contribution is 7.18. The van der Waals surface area contributed by atoms with Gasteiger partial charge >= 0.3 is 0 Å². The highest BCUT2D eigenvalue weighted by Gasteiger charge is 2.20. The van der Waals surface area contributed by atoms with E-state index in [2.05, 4.69) is 20.8 Å². The molecular formula is C19H17FN4O3S. The number of nitrogens with zero attached hydrogens (tertiary/aromatic N) is 2. The van der Waals surface area contributed by atoms with Gasteiger partial charge in [0.05, 0.1) is 12.7 Å². The molecule has 0 radical (unpaired) electrons. The summed E-state index contributed by atoms with van der Waals surface area (Å²) in [6.45, 7) is 1.50. The lowest BCUT2D eigenvalue weighted by Gasteiger charge is -2.13. The van der Waals surface area contributed by atoms with Crippen LogP contribution in [-0.4, -0.2) is 35.2 Å². The molecule has 0 saturated carbocycles. The first-order valence-corrected chi connectivity index (χ1v) is 9.13. The molecule has 2 aromatic carbocycles. The van der Waals surface area contributed by atoms with E-state index < -0.39 is 23.7 Å². The Balaban J connectivity index is 1.62. The van der Waals surface area contributed by atoms with Crippen LogP contribution in [0.5, 0.6) is 5.75 Å². The molecular weight excluding hydrogens is 383 g/mol. The lowest BCUT2D eigenvalue weighted by Crippen LogP contribution is -2.41. The molecule has 2 amide bonds. The maximum Gasteiger partial charge on any atom is 0.254 e. The number of rotatable bonds is 6. The van der Waals surface area contributed by atoms with Crippen LogP contribution in [0, 0.1) is 5.82 Å². The molecule has 0 aliphatic carbocycles. The summed E-state index contributed by atoms with van der Waals surface area (Å²) < 4.78 is 18.8. The van der Waals surface area contributed by atoms with Crippen molar-refractivity contribution >= 4 is 28.3 Å². The van der Waals surface area contributed by atoms with E-state index in [-0.39, 0.29) is 5.56 Å². The molecule has 1 heterocycles. The van der Waals surface area contributed by atoms with E-state index in [4.69, 9.17) is 4.74 Å². The van der Waals surface area contributed by atoms with Gasteiger partial charge in [0.2, 0.25) is 11.0 Å². The number of halogens is 1. The fourth-order valence-corrected chi connectivity index (χ4v) is 3.07. The topological polar surface area (TPSA) is 93.2 Å². The number of methoxy groups -OCH3 is 1. The maximum atomic E-state index is 13.7. The number of amides is 2. The lowest BCUT2D eigenvalue weighted by molar-refractivity contribution is -0.117. The second-order valence-electron chi connectivity index (χ2n) is 5.81. The summed E-state index contributed by atoms with van der Waals surface area (Å²) in [4.78, 5) is 24.4. The standard InChI is InChI=1S/C19H17FN4O3S/c1-11(21-17(26)14-5-3-4-6-15(14)20)16(25)22-19-24-23-18(28-19)12-7-9-13(27-2)10-8-12/h3-11H,1-2H3,(H,21,26)(H,22,24,25)/t11-/m1/s1. The fraction of sp³-hybridized carbons (Fsp3) is 0.158. The van der Waals surface area contributed by atoms with Gasteiger partial charge in [0.15, 0.2) is 0 Å². The Morgan fingerprint density at radius 1 is 1.11 bits per heavy atom. The van der Waals surface area contributed by atoms with Crippen LogP contribution in [0.25, 0.3) is 10.6 Å². The molecule has 2 N–H and O–H groups in total. The lowest BCUT2D eigenvalue weighted by atomic mass is 10.2. The molecule has 7 nitrogen and oxygen atoms in total. The number of carbonyl (C=O) groups excluding carboxylic acids is 2. The number of hydrogen-bond donors (Lipinski definition) is 2. The molecule has 9 heteroatoms. The van der Waals surface area contributed by atoms with Gasteiger partial charge in [-0.25, -0.2) is 4.39 Å². The second kappa shape index (κ2) is 8.57. The number of hydrogen-bond acceptors (Lipinski definition) is 6. The molecule has 0 aliphatic heterocycles. The minimum absolute atomic E-state index is 0.125. The minimum atomic E-state index is -0.888. The van der Waals surface area contributed by atoms with Crippen molar-refractivity contribution in [2.45, 2.75) is 13.0 Å². The van der Waals surface area contributed by atoms with E-state index >= 15 is 0 Å². The smallest absolute Gasteiger partial charge is 0.254 e. The predicted molar refractivity (Wildman–Crippen MR) is 104 cm³/mol. The maximum absolute atomic E-state index is 13.7. The van der Waals surface area contributed by atoms with Crippen LogP contribution in [0.15, 0.2) is 48.5 Å². The number of ether oxygens (including phenoxy) is 1. The van der Waals surface area contributed by atoms with E-state index in [9.17, 15) is 14.0 Å². The van der Waals surface area contributed by atoms with Crippen molar-refractivity contribution in [3.05, 3.63) is 59.9 Å². The van der Waals surface area contributed by atoms with Crippen molar-refractivity contribution in [1.29, 1.82) is 0 Å². The quantitative estimate of drug-likeness (QED) is 0.663. The third kappa shape index (κ3) is 4.49. The first-order valence-electron chi connectivity index (χ1n) is 8.32.